The van der Waals surface area contributed by atoms with E-state index >= 15 is 0 Å². The van der Waals surface area contributed by atoms with Gasteiger partial charge in [0, 0.05) is 16.7 Å². The highest BCUT2D eigenvalue weighted by Gasteiger charge is 2.15. The second kappa shape index (κ2) is 7.93. The molecule has 1 heterocycles. The van der Waals surface area contributed by atoms with Gasteiger partial charge in [-0.25, -0.2) is 9.78 Å². The van der Waals surface area contributed by atoms with Gasteiger partial charge in [-0.05, 0) is 36.4 Å². The Balaban J connectivity index is 1.77. The molecule has 0 aliphatic rings. The third kappa shape index (κ3) is 3.97. The van der Waals surface area contributed by atoms with Gasteiger partial charge in [0.15, 0.2) is 12.4 Å². The van der Waals surface area contributed by atoms with Gasteiger partial charge in [-0.15, -0.1) is 0 Å². The number of hydrogen-bond acceptors (Lipinski definition) is 6. The molecule has 7 heteroatoms. The molecule has 0 saturated carbocycles. The number of oxazole rings is 1. The van der Waals surface area contributed by atoms with E-state index in [9.17, 15) is 4.79 Å². The first-order valence-corrected chi connectivity index (χ1v) is 8.08. The minimum absolute atomic E-state index is 0.0464. The average Bonchev–Trinajstić information content (AvgIpc) is 3.15. The van der Waals surface area contributed by atoms with Gasteiger partial charge in [0.25, 0.3) is 0 Å². The Morgan fingerprint density at radius 1 is 1.15 bits per heavy atom. The summed E-state index contributed by atoms with van der Waals surface area (Å²) in [4.78, 5) is 16.1. The van der Waals surface area contributed by atoms with Crippen molar-refractivity contribution >= 4 is 17.6 Å². The SMILES string of the molecule is COC(=O)c1ccc(OC)cc1OCc1ncc(-c2ccc(Cl)cc2)o1. The number of nitrogens with zero attached hydrogens (tertiary/aromatic N) is 1. The van der Waals surface area contributed by atoms with Crippen LogP contribution in [-0.2, 0) is 11.3 Å². The Morgan fingerprint density at radius 2 is 1.92 bits per heavy atom. The van der Waals surface area contributed by atoms with E-state index in [4.69, 9.17) is 30.2 Å². The fraction of sp³-hybridized carbons (Fsp3) is 0.158. The van der Waals surface area contributed by atoms with Crippen LogP contribution in [0.4, 0.5) is 0 Å². The molecule has 0 spiro atoms. The molecular formula is C19H16ClNO5. The molecule has 3 aromatic rings. The maximum Gasteiger partial charge on any atom is 0.341 e. The zero-order valence-electron chi connectivity index (χ0n) is 14.2. The molecular weight excluding hydrogens is 358 g/mol. The van der Waals surface area contributed by atoms with Crippen molar-refractivity contribution in [2.45, 2.75) is 6.61 Å². The number of methoxy groups -OCH3 is 2. The zero-order valence-corrected chi connectivity index (χ0v) is 14.9. The third-order valence-electron chi connectivity index (χ3n) is 3.63. The minimum atomic E-state index is -0.503. The third-order valence-corrected chi connectivity index (χ3v) is 3.88. The molecule has 3 rings (SSSR count). The molecule has 2 aromatic carbocycles. The van der Waals surface area contributed by atoms with Gasteiger partial charge in [-0.3, -0.25) is 0 Å². The fourth-order valence-corrected chi connectivity index (χ4v) is 2.42. The molecule has 0 aliphatic carbocycles. The van der Waals surface area contributed by atoms with Gasteiger partial charge in [0.2, 0.25) is 5.89 Å². The van der Waals surface area contributed by atoms with Crippen LogP contribution in [0.25, 0.3) is 11.3 Å². The lowest BCUT2D eigenvalue weighted by Gasteiger charge is -2.10. The Labute approximate surface area is 155 Å². The smallest absolute Gasteiger partial charge is 0.341 e. The average molecular weight is 374 g/mol. The Bertz CT molecular complexity index is 905. The minimum Gasteiger partial charge on any atom is -0.497 e. The standard InChI is InChI=1S/C19H16ClNO5/c1-23-14-7-8-15(19(22)24-2)16(9-14)25-11-18-21-10-17(26-18)12-3-5-13(20)6-4-12/h3-10H,11H2,1-2H3. The molecule has 1 aromatic heterocycles. The number of rotatable bonds is 6. The predicted molar refractivity (Wildman–Crippen MR) is 95.6 cm³/mol. The Kier molecular flexibility index (Phi) is 5.43. The van der Waals surface area contributed by atoms with E-state index in [1.807, 2.05) is 12.1 Å². The van der Waals surface area contributed by atoms with Crippen LogP contribution in [0.1, 0.15) is 16.2 Å². The molecule has 0 amide bonds. The topological polar surface area (TPSA) is 70.8 Å². The molecule has 0 aliphatic heterocycles. The fourth-order valence-electron chi connectivity index (χ4n) is 2.29. The summed E-state index contributed by atoms with van der Waals surface area (Å²) in [6.07, 6.45) is 1.61. The summed E-state index contributed by atoms with van der Waals surface area (Å²) in [7, 11) is 2.84. The van der Waals surface area contributed by atoms with Crippen LogP contribution in [0.15, 0.2) is 53.1 Å². The number of benzene rings is 2. The summed E-state index contributed by atoms with van der Waals surface area (Å²) < 4.78 is 21.3. The number of ether oxygens (including phenoxy) is 3. The lowest BCUT2D eigenvalue weighted by molar-refractivity contribution is 0.0595. The maximum absolute atomic E-state index is 11.9. The van der Waals surface area contributed by atoms with Crippen LogP contribution >= 0.6 is 11.6 Å². The first kappa shape index (κ1) is 17.8. The molecule has 0 bridgehead atoms. The number of carbonyl (C=O) groups is 1. The van der Waals surface area contributed by atoms with Crippen molar-refractivity contribution in [1.82, 2.24) is 4.98 Å². The first-order chi connectivity index (χ1) is 12.6. The zero-order chi connectivity index (χ0) is 18.5. The summed E-state index contributed by atoms with van der Waals surface area (Å²) >= 11 is 5.88. The van der Waals surface area contributed by atoms with Gasteiger partial charge < -0.3 is 18.6 Å². The van der Waals surface area contributed by atoms with Gasteiger partial charge in [0.05, 0.1) is 20.4 Å². The van der Waals surface area contributed by atoms with Crippen molar-refractivity contribution in [2.75, 3.05) is 14.2 Å². The molecule has 26 heavy (non-hydrogen) atoms. The van der Waals surface area contributed by atoms with Crippen LogP contribution in [-0.4, -0.2) is 25.2 Å². The molecule has 0 fully saturated rings. The summed E-state index contributed by atoms with van der Waals surface area (Å²) in [5.74, 6) is 1.34. The molecule has 134 valence electrons. The van der Waals surface area contributed by atoms with E-state index in [2.05, 4.69) is 4.98 Å². The maximum atomic E-state index is 11.9. The highest BCUT2D eigenvalue weighted by atomic mass is 35.5. The Hall–Kier alpha value is -2.99. The van der Waals surface area contributed by atoms with Crippen molar-refractivity contribution in [3.8, 4) is 22.8 Å². The first-order valence-electron chi connectivity index (χ1n) is 7.70. The molecule has 0 unspecified atom stereocenters. The number of aromatic nitrogens is 1. The van der Waals surface area contributed by atoms with Crippen molar-refractivity contribution in [3.63, 3.8) is 0 Å². The molecule has 6 nitrogen and oxygen atoms in total. The summed E-state index contributed by atoms with van der Waals surface area (Å²) in [5.41, 5.74) is 1.14. The van der Waals surface area contributed by atoms with Crippen molar-refractivity contribution in [1.29, 1.82) is 0 Å². The van der Waals surface area contributed by atoms with Crippen molar-refractivity contribution in [2.24, 2.45) is 0 Å². The van der Waals surface area contributed by atoms with Crippen LogP contribution in [0.2, 0.25) is 5.02 Å². The molecule has 0 N–H and O–H groups in total. The van der Waals surface area contributed by atoms with Crippen LogP contribution in [0.3, 0.4) is 0 Å². The molecule has 0 radical (unpaired) electrons. The normalized spacial score (nSPS) is 10.4. The van der Waals surface area contributed by atoms with Crippen LogP contribution < -0.4 is 9.47 Å². The van der Waals surface area contributed by atoms with Crippen molar-refractivity contribution in [3.05, 3.63) is 65.1 Å². The van der Waals surface area contributed by atoms with Crippen LogP contribution in [0.5, 0.6) is 11.5 Å². The quantitative estimate of drug-likeness (QED) is 0.597. The van der Waals surface area contributed by atoms with Gasteiger partial charge in [-0.1, -0.05) is 11.6 Å². The van der Waals surface area contributed by atoms with Gasteiger partial charge in [-0.2, -0.15) is 0 Å². The van der Waals surface area contributed by atoms with Crippen LogP contribution in [0, 0.1) is 0 Å². The van der Waals surface area contributed by atoms with E-state index in [1.54, 1.807) is 36.5 Å². The lowest BCUT2D eigenvalue weighted by atomic mass is 10.2. The summed E-state index contributed by atoms with van der Waals surface area (Å²) in [6.45, 7) is 0.0464. The lowest BCUT2D eigenvalue weighted by Crippen LogP contribution is -2.06. The predicted octanol–water partition coefficient (Wildman–Crippen LogP) is 4.37. The van der Waals surface area contributed by atoms with E-state index in [1.165, 1.54) is 14.2 Å². The summed E-state index contributed by atoms with van der Waals surface area (Å²) in [5, 5.41) is 0.644. The summed E-state index contributed by atoms with van der Waals surface area (Å²) in [6, 6.07) is 12.1. The second-order valence-electron chi connectivity index (χ2n) is 5.27. The van der Waals surface area contributed by atoms with E-state index in [0.29, 0.717) is 28.2 Å². The number of carbonyl (C=O) groups excluding carboxylic acids is 1. The van der Waals surface area contributed by atoms with Gasteiger partial charge >= 0.3 is 5.97 Å². The monoisotopic (exact) mass is 373 g/mol. The highest BCUT2D eigenvalue weighted by molar-refractivity contribution is 6.30. The second-order valence-corrected chi connectivity index (χ2v) is 5.70. The van der Waals surface area contributed by atoms with E-state index < -0.39 is 5.97 Å². The van der Waals surface area contributed by atoms with E-state index in [0.717, 1.165) is 5.56 Å². The number of esters is 1. The largest absolute Gasteiger partial charge is 0.497 e. The highest BCUT2D eigenvalue weighted by Crippen LogP contribution is 2.27. The number of halogens is 1. The molecule has 0 saturated heterocycles. The van der Waals surface area contributed by atoms with E-state index in [-0.39, 0.29) is 12.2 Å². The molecule has 0 atom stereocenters. The van der Waals surface area contributed by atoms with Crippen molar-refractivity contribution < 1.29 is 23.4 Å². The Morgan fingerprint density at radius 3 is 2.62 bits per heavy atom. The van der Waals surface area contributed by atoms with Gasteiger partial charge in [0.1, 0.15) is 17.1 Å². The number of hydrogen-bond donors (Lipinski definition) is 0.